The summed E-state index contributed by atoms with van der Waals surface area (Å²) in [5.74, 6) is -0.999. The number of aliphatic hydroxyl groups is 1. The molecule has 2 heterocycles. The van der Waals surface area contributed by atoms with Crippen LogP contribution in [0, 0.1) is 19.8 Å². The quantitative estimate of drug-likeness (QED) is 0.769. The maximum absolute atomic E-state index is 12.1. The topological polar surface area (TPSA) is 87.5 Å². The summed E-state index contributed by atoms with van der Waals surface area (Å²) in [6, 6.07) is 10.0. The summed E-state index contributed by atoms with van der Waals surface area (Å²) >= 11 is 0. The van der Waals surface area contributed by atoms with Crippen LogP contribution >= 0.6 is 0 Å². The number of aryl methyl sites for hydroxylation is 2. The van der Waals surface area contributed by atoms with E-state index in [0.29, 0.717) is 26.1 Å². The molecule has 1 aromatic carbocycles. The fourth-order valence-electron chi connectivity index (χ4n) is 3.40. The van der Waals surface area contributed by atoms with E-state index in [2.05, 4.69) is 10.4 Å². The van der Waals surface area contributed by atoms with Gasteiger partial charge in [0.25, 0.3) is 0 Å². The van der Waals surface area contributed by atoms with E-state index in [1.54, 1.807) is 0 Å². The minimum atomic E-state index is -0.576. The molecule has 0 aliphatic carbocycles. The van der Waals surface area contributed by atoms with Crippen LogP contribution in [0.4, 0.5) is 0 Å². The maximum Gasteiger partial charge on any atom is 0.311 e. The highest BCUT2D eigenvalue weighted by Gasteiger charge is 2.29. The molecule has 27 heavy (non-hydrogen) atoms. The first kappa shape index (κ1) is 19.1. The lowest BCUT2D eigenvalue weighted by Gasteiger charge is -2.15. The Hall–Kier alpha value is -2.67. The molecular formula is C20H26N4O3. The zero-order chi connectivity index (χ0) is 19.4. The minimum absolute atomic E-state index is 0.0546. The van der Waals surface area contributed by atoms with Crippen molar-refractivity contribution in [3.63, 3.8) is 0 Å². The van der Waals surface area contributed by atoms with E-state index in [1.165, 1.54) is 4.90 Å². The molecule has 0 bridgehead atoms. The van der Waals surface area contributed by atoms with Gasteiger partial charge in [0.1, 0.15) is 0 Å². The summed E-state index contributed by atoms with van der Waals surface area (Å²) in [6.07, 6.45) is 1.40. The first-order chi connectivity index (χ1) is 13.0. The number of hydrogen-bond donors (Lipinski definition) is 2. The van der Waals surface area contributed by atoms with Crippen LogP contribution in [0.25, 0.3) is 5.69 Å². The summed E-state index contributed by atoms with van der Waals surface area (Å²) in [5.41, 5.74) is 4.13. The molecule has 1 fully saturated rings. The molecule has 3 rings (SSSR count). The molecule has 1 saturated heterocycles. The average Bonchev–Trinajstić information content (AvgIpc) is 3.27. The van der Waals surface area contributed by atoms with Crippen LogP contribution in [0.5, 0.6) is 0 Å². The number of hydrogen-bond acceptors (Lipinski definition) is 4. The Bertz CT molecular complexity index is 813. The molecule has 1 atom stereocenters. The van der Waals surface area contributed by atoms with Crippen molar-refractivity contribution in [2.45, 2.75) is 26.7 Å². The van der Waals surface area contributed by atoms with Gasteiger partial charge in [-0.05, 0) is 50.5 Å². The highest BCUT2D eigenvalue weighted by molar-refractivity contribution is 6.35. The number of aromatic nitrogens is 2. The molecule has 2 amide bonds. The summed E-state index contributed by atoms with van der Waals surface area (Å²) in [5, 5.41) is 16.3. The van der Waals surface area contributed by atoms with Crippen molar-refractivity contribution in [2.75, 3.05) is 26.2 Å². The predicted molar refractivity (Wildman–Crippen MR) is 102 cm³/mol. The van der Waals surface area contributed by atoms with Gasteiger partial charge >= 0.3 is 11.8 Å². The van der Waals surface area contributed by atoms with Crippen LogP contribution in [0.1, 0.15) is 23.4 Å². The van der Waals surface area contributed by atoms with Crippen molar-refractivity contribution >= 4 is 11.8 Å². The lowest BCUT2D eigenvalue weighted by molar-refractivity contribution is -0.145. The van der Waals surface area contributed by atoms with Crippen molar-refractivity contribution in [3.8, 4) is 5.69 Å². The molecule has 0 radical (unpaired) electrons. The number of likely N-dealkylation sites (tertiary alicyclic amines) is 1. The predicted octanol–water partition coefficient (Wildman–Crippen LogP) is 0.989. The van der Waals surface area contributed by atoms with Crippen molar-refractivity contribution in [3.05, 3.63) is 47.3 Å². The van der Waals surface area contributed by atoms with E-state index < -0.39 is 11.8 Å². The van der Waals surface area contributed by atoms with Gasteiger partial charge in [-0.2, -0.15) is 5.10 Å². The van der Waals surface area contributed by atoms with Crippen LogP contribution in [-0.4, -0.2) is 57.8 Å². The Morgan fingerprint density at radius 1 is 1.26 bits per heavy atom. The van der Waals surface area contributed by atoms with Gasteiger partial charge in [-0.15, -0.1) is 0 Å². The molecule has 0 saturated carbocycles. The van der Waals surface area contributed by atoms with Gasteiger partial charge in [0.2, 0.25) is 0 Å². The Balaban J connectivity index is 1.48. The van der Waals surface area contributed by atoms with Crippen LogP contribution in [0.2, 0.25) is 0 Å². The number of benzene rings is 1. The summed E-state index contributed by atoms with van der Waals surface area (Å²) in [6.45, 7) is 5.43. The van der Waals surface area contributed by atoms with Gasteiger partial charge in [0.15, 0.2) is 0 Å². The minimum Gasteiger partial charge on any atom is -0.396 e. The molecule has 144 valence electrons. The fraction of sp³-hybridized carbons (Fsp3) is 0.450. The van der Waals surface area contributed by atoms with Crippen LogP contribution in [-0.2, 0) is 16.0 Å². The van der Waals surface area contributed by atoms with Crippen LogP contribution in [0.3, 0.4) is 0 Å². The van der Waals surface area contributed by atoms with E-state index >= 15 is 0 Å². The van der Waals surface area contributed by atoms with Gasteiger partial charge < -0.3 is 15.3 Å². The molecule has 1 aliphatic heterocycles. The third-order valence-electron chi connectivity index (χ3n) is 4.92. The first-order valence-electron chi connectivity index (χ1n) is 9.28. The zero-order valence-corrected chi connectivity index (χ0v) is 15.8. The molecular weight excluding hydrogens is 344 g/mol. The van der Waals surface area contributed by atoms with E-state index in [-0.39, 0.29) is 12.5 Å². The number of aliphatic hydroxyl groups excluding tert-OH is 1. The van der Waals surface area contributed by atoms with Gasteiger partial charge in [-0.3, -0.25) is 9.59 Å². The fourth-order valence-corrected chi connectivity index (χ4v) is 3.40. The SMILES string of the molecule is Cc1cc(C)n(-c2ccc(CCNC(=O)C(=O)N3CC[C@@H](CO)C3)cc2)n1. The molecule has 1 aliphatic rings. The normalized spacial score (nSPS) is 16.6. The highest BCUT2D eigenvalue weighted by Crippen LogP contribution is 2.15. The molecule has 2 N–H and O–H groups in total. The van der Waals surface area contributed by atoms with E-state index in [9.17, 15) is 9.59 Å². The lowest BCUT2D eigenvalue weighted by Crippen LogP contribution is -2.42. The molecule has 2 aromatic rings. The second-order valence-corrected chi connectivity index (χ2v) is 7.10. The van der Waals surface area contributed by atoms with E-state index in [4.69, 9.17) is 5.11 Å². The summed E-state index contributed by atoms with van der Waals surface area (Å²) < 4.78 is 1.90. The first-order valence-corrected chi connectivity index (χ1v) is 9.28. The Labute approximate surface area is 159 Å². The second-order valence-electron chi connectivity index (χ2n) is 7.10. The van der Waals surface area contributed by atoms with Crippen LogP contribution < -0.4 is 5.32 Å². The van der Waals surface area contributed by atoms with Crippen molar-refractivity contribution < 1.29 is 14.7 Å². The standard InChI is InChI=1S/C20H26N4O3/c1-14-11-15(2)24(22-14)18-5-3-16(4-6-18)7-9-21-19(26)20(27)23-10-8-17(12-23)13-25/h3-6,11,17,25H,7-10,12-13H2,1-2H3,(H,21,26)/t17-/m1/s1. The van der Waals surface area contributed by atoms with Crippen molar-refractivity contribution in [1.29, 1.82) is 0 Å². The third-order valence-corrected chi connectivity index (χ3v) is 4.92. The molecule has 0 spiro atoms. The number of carbonyl (C=O) groups excluding carboxylic acids is 2. The second kappa shape index (κ2) is 8.35. The Morgan fingerprint density at radius 3 is 2.59 bits per heavy atom. The smallest absolute Gasteiger partial charge is 0.311 e. The molecule has 7 heteroatoms. The van der Waals surface area contributed by atoms with Gasteiger partial charge in [-0.1, -0.05) is 12.1 Å². The summed E-state index contributed by atoms with van der Waals surface area (Å²) in [4.78, 5) is 25.6. The van der Waals surface area contributed by atoms with Crippen molar-refractivity contribution in [1.82, 2.24) is 20.0 Å². The Kier molecular flexibility index (Phi) is 5.91. The maximum atomic E-state index is 12.1. The van der Waals surface area contributed by atoms with Crippen LogP contribution in [0.15, 0.2) is 30.3 Å². The number of carbonyl (C=O) groups is 2. The van der Waals surface area contributed by atoms with Gasteiger partial charge in [-0.25, -0.2) is 4.68 Å². The highest BCUT2D eigenvalue weighted by atomic mass is 16.3. The molecule has 1 aromatic heterocycles. The number of amides is 2. The summed E-state index contributed by atoms with van der Waals surface area (Å²) in [7, 11) is 0. The third kappa shape index (κ3) is 4.54. The average molecular weight is 370 g/mol. The largest absolute Gasteiger partial charge is 0.396 e. The van der Waals surface area contributed by atoms with Gasteiger partial charge in [0.05, 0.1) is 11.4 Å². The van der Waals surface area contributed by atoms with E-state index in [0.717, 1.165) is 29.1 Å². The van der Waals surface area contributed by atoms with Gasteiger partial charge in [0, 0.05) is 37.9 Å². The Morgan fingerprint density at radius 2 is 2.00 bits per heavy atom. The lowest BCUT2D eigenvalue weighted by atomic mass is 10.1. The molecule has 0 unspecified atom stereocenters. The molecule has 7 nitrogen and oxygen atoms in total. The zero-order valence-electron chi connectivity index (χ0n) is 15.8. The number of nitrogens with zero attached hydrogens (tertiary/aromatic N) is 3. The van der Waals surface area contributed by atoms with Crippen molar-refractivity contribution in [2.24, 2.45) is 5.92 Å². The monoisotopic (exact) mass is 370 g/mol. The van der Waals surface area contributed by atoms with E-state index in [1.807, 2.05) is 48.9 Å². The number of nitrogens with one attached hydrogen (secondary N) is 1. The number of rotatable bonds is 5.